The van der Waals surface area contributed by atoms with Gasteiger partial charge in [0.15, 0.2) is 5.13 Å². The molecule has 0 saturated heterocycles. The van der Waals surface area contributed by atoms with Gasteiger partial charge in [-0.1, -0.05) is 0 Å². The van der Waals surface area contributed by atoms with Gasteiger partial charge in [-0.2, -0.15) is 0 Å². The van der Waals surface area contributed by atoms with Gasteiger partial charge in [0, 0.05) is 23.2 Å². The summed E-state index contributed by atoms with van der Waals surface area (Å²) in [6.07, 6.45) is 3.00. The van der Waals surface area contributed by atoms with E-state index in [2.05, 4.69) is 9.71 Å². The molecule has 10 heteroatoms. The molecular formula is C19H14FN3O4S2. The van der Waals surface area contributed by atoms with E-state index in [4.69, 9.17) is 4.74 Å². The summed E-state index contributed by atoms with van der Waals surface area (Å²) >= 11 is 1.17. The summed E-state index contributed by atoms with van der Waals surface area (Å²) in [7, 11) is -2.43. The second-order valence-corrected chi connectivity index (χ2v) is 8.58. The first-order chi connectivity index (χ1) is 13.9. The highest BCUT2D eigenvalue weighted by Gasteiger charge is 2.20. The molecule has 0 atom stereocenters. The lowest BCUT2D eigenvalue weighted by Crippen LogP contribution is -2.14. The lowest BCUT2D eigenvalue weighted by atomic mass is 10.1. The fourth-order valence-corrected chi connectivity index (χ4v) is 4.71. The zero-order valence-corrected chi connectivity index (χ0v) is 16.6. The van der Waals surface area contributed by atoms with Gasteiger partial charge in [0.2, 0.25) is 0 Å². The Morgan fingerprint density at radius 1 is 1.21 bits per heavy atom. The Labute approximate surface area is 169 Å². The number of nitrogens with one attached hydrogen (secondary N) is 1. The fraction of sp³-hybridized carbons (Fsp3) is 0.0526. The molecule has 4 rings (SSSR count). The molecule has 0 radical (unpaired) electrons. The van der Waals surface area contributed by atoms with Gasteiger partial charge in [-0.25, -0.2) is 17.8 Å². The minimum atomic E-state index is -3.82. The van der Waals surface area contributed by atoms with Crippen LogP contribution in [0.5, 0.6) is 5.75 Å². The van der Waals surface area contributed by atoms with Crippen LogP contribution in [0, 0.1) is 5.82 Å². The van der Waals surface area contributed by atoms with Crippen LogP contribution in [-0.4, -0.2) is 31.0 Å². The fourth-order valence-electron chi connectivity index (χ4n) is 2.89. The Morgan fingerprint density at radius 3 is 2.76 bits per heavy atom. The number of rotatable bonds is 5. The molecule has 0 bridgehead atoms. The first-order valence-electron chi connectivity index (χ1n) is 8.31. The van der Waals surface area contributed by atoms with Crippen LogP contribution in [0.3, 0.4) is 0 Å². The monoisotopic (exact) mass is 431 g/mol. The molecule has 0 aliphatic rings. The number of hydrogen-bond acceptors (Lipinski definition) is 6. The molecule has 2 heterocycles. The number of halogens is 1. The maximum absolute atomic E-state index is 13.6. The van der Waals surface area contributed by atoms with Crippen LogP contribution in [0.25, 0.3) is 10.9 Å². The Hall–Kier alpha value is -3.24. The van der Waals surface area contributed by atoms with E-state index in [1.807, 2.05) is 0 Å². The van der Waals surface area contributed by atoms with Crippen molar-refractivity contribution in [2.24, 2.45) is 0 Å². The molecule has 0 aliphatic heterocycles. The van der Waals surface area contributed by atoms with Crippen molar-refractivity contribution < 1.29 is 22.3 Å². The van der Waals surface area contributed by atoms with Crippen LogP contribution in [-0.2, 0) is 10.0 Å². The van der Waals surface area contributed by atoms with Crippen LogP contribution in [0.4, 0.5) is 9.52 Å². The number of benzene rings is 2. The Morgan fingerprint density at radius 2 is 2.03 bits per heavy atom. The number of sulfonamides is 1. The van der Waals surface area contributed by atoms with Gasteiger partial charge in [0.25, 0.3) is 15.9 Å². The third-order valence-corrected chi connectivity index (χ3v) is 6.39. The minimum Gasteiger partial charge on any atom is -0.496 e. The topological polar surface area (TPSA) is 90.3 Å². The van der Waals surface area contributed by atoms with Crippen molar-refractivity contribution in [1.29, 1.82) is 0 Å². The number of anilines is 1. The smallest absolute Gasteiger partial charge is 0.266 e. The van der Waals surface area contributed by atoms with E-state index < -0.39 is 21.7 Å². The molecule has 0 aliphatic carbocycles. The van der Waals surface area contributed by atoms with Crippen molar-refractivity contribution in [3.8, 4) is 5.75 Å². The SMILES string of the molecule is COc1ccc(F)cc1C(=O)n1ccc2cc(S(=O)(=O)Nc3nccs3)ccc21. The van der Waals surface area contributed by atoms with Crippen molar-refractivity contribution in [2.45, 2.75) is 4.90 Å². The number of hydrogen-bond donors (Lipinski definition) is 1. The van der Waals surface area contributed by atoms with Crippen molar-refractivity contribution in [1.82, 2.24) is 9.55 Å². The molecule has 2 aromatic carbocycles. The van der Waals surface area contributed by atoms with Crippen LogP contribution in [0.1, 0.15) is 10.4 Å². The summed E-state index contributed by atoms with van der Waals surface area (Å²) in [6.45, 7) is 0. The van der Waals surface area contributed by atoms with E-state index in [-0.39, 0.29) is 21.3 Å². The second-order valence-electron chi connectivity index (χ2n) is 6.00. The third-order valence-electron chi connectivity index (χ3n) is 4.24. The largest absolute Gasteiger partial charge is 0.496 e. The molecule has 148 valence electrons. The summed E-state index contributed by atoms with van der Waals surface area (Å²) in [5.41, 5.74) is 0.543. The minimum absolute atomic E-state index is 0.0359. The summed E-state index contributed by atoms with van der Waals surface area (Å²) in [4.78, 5) is 16.9. The average molecular weight is 431 g/mol. The summed E-state index contributed by atoms with van der Waals surface area (Å²) in [6, 6.07) is 9.67. The molecule has 0 unspecified atom stereocenters. The normalized spacial score (nSPS) is 11.5. The van der Waals surface area contributed by atoms with Gasteiger partial charge in [-0.3, -0.25) is 14.1 Å². The molecule has 0 spiro atoms. The number of fused-ring (bicyclic) bond motifs is 1. The van der Waals surface area contributed by atoms with Crippen molar-refractivity contribution in [3.05, 3.63) is 71.6 Å². The van der Waals surface area contributed by atoms with E-state index in [0.29, 0.717) is 10.9 Å². The molecular weight excluding hydrogens is 417 g/mol. The van der Waals surface area contributed by atoms with Gasteiger partial charge in [0.1, 0.15) is 11.6 Å². The molecule has 0 fully saturated rings. The highest BCUT2D eigenvalue weighted by Crippen LogP contribution is 2.26. The molecule has 2 aromatic heterocycles. The van der Waals surface area contributed by atoms with Gasteiger partial charge >= 0.3 is 0 Å². The van der Waals surface area contributed by atoms with Crippen LogP contribution in [0.2, 0.25) is 0 Å². The van der Waals surface area contributed by atoms with E-state index in [1.54, 1.807) is 11.4 Å². The summed E-state index contributed by atoms with van der Waals surface area (Å²) < 4.78 is 47.6. The average Bonchev–Trinajstić information content (AvgIpc) is 3.36. The number of carbonyl (C=O) groups excluding carboxylic acids is 1. The number of aromatic nitrogens is 2. The van der Waals surface area contributed by atoms with Crippen LogP contribution in [0.15, 0.2) is 65.1 Å². The number of thiazole rings is 1. The molecule has 1 N–H and O–H groups in total. The first-order valence-corrected chi connectivity index (χ1v) is 10.7. The zero-order valence-electron chi connectivity index (χ0n) is 15.0. The standard InChI is InChI=1S/C19H14FN3O4S2/c1-27-17-5-2-13(20)11-15(17)18(24)23-8-6-12-10-14(3-4-16(12)23)29(25,26)22-19-21-7-9-28-19/h2-11H,1H3,(H,21,22). The van der Waals surface area contributed by atoms with E-state index >= 15 is 0 Å². The first kappa shape index (κ1) is 19.1. The van der Waals surface area contributed by atoms with E-state index in [1.165, 1.54) is 65.7 Å². The van der Waals surface area contributed by atoms with Crippen molar-refractivity contribution in [2.75, 3.05) is 11.8 Å². The molecule has 7 nitrogen and oxygen atoms in total. The van der Waals surface area contributed by atoms with E-state index in [9.17, 15) is 17.6 Å². The van der Waals surface area contributed by atoms with Gasteiger partial charge in [-0.05, 0) is 42.5 Å². The number of methoxy groups -OCH3 is 1. The van der Waals surface area contributed by atoms with Gasteiger partial charge in [0.05, 0.1) is 23.1 Å². The number of ether oxygens (including phenoxy) is 1. The molecule has 29 heavy (non-hydrogen) atoms. The predicted octanol–water partition coefficient (Wildman–Crippen LogP) is 3.73. The third kappa shape index (κ3) is 3.59. The maximum Gasteiger partial charge on any atom is 0.266 e. The molecule has 0 amide bonds. The predicted molar refractivity (Wildman–Crippen MR) is 108 cm³/mol. The Balaban J connectivity index is 1.72. The van der Waals surface area contributed by atoms with Gasteiger partial charge in [-0.15, -0.1) is 11.3 Å². The number of carbonyl (C=O) groups is 1. The molecule has 0 saturated carbocycles. The quantitative estimate of drug-likeness (QED) is 0.520. The lowest BCUT2D eigenvalue weighted by Gasteiger charge is -2.10. The number of nitrogens with zero attached hydrogens (tertiary/aromatic N) is 2. The lowest BCUT2D eigenvalue weighted by molar-refractivity contribution is 0.0961. The Kier molecular flexibility index (Phi) is 4.81. The zero-order chi connectivity index (χ0) is 20.6. The van der Waals surface area contributed by atoms with Crippen LogP contribution < -0.4 is 9.46 Å². The van der Waals surface area contributed by atoms with Gasteiger partial charge < -0.3 is 4.74 Å². The Bertz CT molecular complexity index is 1310. The molecule has 4 aromatic rings. The van der Waals surface area contributed by atoms with Crippen molar-refractivity contribution in [3.63, 3.8) is 0 Å². The summed E-state index contributed by atoms with van der Waals surface area (Å²) in [5, 5.41) is 2.46. The van der Waals surface area contributed by atoms with E-state index in [0.717, 1.165) is 6.07 Å². The highest BCUT2D eigenvalue weighted by atomic mass is 32.2. The maximum atomic E-state index is 13.6. The summed E-state index contributed by atoms with van der Waals surface area (Å²) in [5.74, 6) is -0.815. The van der Waals surface area contributed by atoms with Crippen molar-refractivity contribution >= 4 is 43.3 Å². The highest BCUT2D eigenvalue weighted by molar-refractivity contribution is 7.93. The van der Waals surface area contributed by atoms with Crippen LogP contribution >= 0.6 is 11.3 Å². The second kappa shape index (κ2) is 7.30.